The van der Waals surface area contributed by atoms with Gasteiger partial charge in [-0.05, 0) is 11.8 Å². The smallest absolute Gasteiger partial charge is 0.300 e. The number of carbonyl (C=O) groups is 1. The van der Waals surface area contributed by atoms with E-state index in [1.807, 2.05) is 0 Å². The van der Waals surface area contributed by atoms with Crippen LogP contribution in [0.2, 0.25) is 0 Å². The van der Waals surface area contributed by atoms with E-state index in [-0.39, 0.29) is 0 Å². The molecule has 3 heteroatoms. The first-order valence-corrected chi connectivity index (χ1v) is 4.31. The van der Waals surface area contributed by atoms with Gasteiger partial charge in [0.2, 0.25) is 0 Å². The Morgan fingerprint density at radius 3 is 1.62 bits per heavy atom. The predicted octanol–water partition coefficient (Wildman–Crippen LogP) is 2.18. The summed E-state index contributed by atoms with van der Waals surface area (Å²) in [5, 5.41) is 7.42. The van der Waals surface area contributed by atoms with E-state index < -0.39 is 5.97 Å². The second-order valence-corrected chi connectivity index (χ2v) is 3.01. The Morgan fingerprint density at radius 1 is 1.31 bits per heavy atom. The second-order valence-electron chi connectivity index (χ2n) is 3.01. The molecule has 78 valence electrons. The quantitative estimate of drug-likeness (QED) is 0.593. The fraction of sp³-hybridized carbons (Fsp3) is 0.700. The minimum absolute atomic E-state index is 0.792. The molecule has 0 aromatic carbocycles. The van der Waals surface area contributed by atoms with Gasteiger partial charge in [-0.2, -0.15) is 0 Å². The molecule has 0 amide bonds. The van der Waals surface area contributed by atoms with Crippen molar-refractivity contribution < 1.29 is 14.6 Å². The summed E-state index contributed by atoms with van der Waals surface area (Å²) in [6, 6.07) is 0. The van der Waals surface area contributed by atoms with Crippen LogP contribution in [-0.4, -0.2) is 24.3 Å². The van der Waals surface area contributed by atoms with E-state index in [9.17, 15) is 0 Å². The van der Waals surface area contributed by atoms with Crippen LogP contribution >= 0.6 is 0 Å². The van der Waals surface area contributed by atoms with Gasteiger partial charge in [-0.1, -0.05) is 13.8 Å². The Bertz CT molecular complexity index is 122. The summed E-state index contributed by atoms with van der Waals surface area (Å²) >= 11 is 0. The van der Waals surface area contributed by atoms with Gasteiger partial charge < -0.3 is 9.84 Å². The summed E-state index contributed by atoms with van der Waals surface area (Å²) in [7, 11) is 0. The SMILES string of the molecule is C=C.CC(=O)O.C[C@@H]1COC[C@@H]1C. The highest BCUT2D eigenvalue weighted by atomic mass is 16.5. The van der Waals surface area contributed by atoms with Gasteiger partial charge in [0.05, 0.1) is 0 Å². The third kappa shape index (κ3) is 11.2. The zero-order chi connectivity index (χ0) is 10.9. The van der Waals surface area contributed by atoms with E-state index in [1.165, 1.54) is 0 Å². The molecule has 0 saturated carbocycles. The zero-order valence-corrected chi connectivity index (χ0v) is 8.75. The van der Waals surface area contributed by atoms with Gasteiger partial charge in [0.25, 0.3) is 5.97 Å². The first-order chi connectivity index (χ1) is 6.04. The lowest BCUT2D eigenvalue weighted by Crippen LogP contribution is -2.01. The highest BCUT2D eigenvalue weighted by molar-refractivity contribution is 5.62. The average molecular weight is 188 g/mol. The number of carboxylic acids is 1. The summed E-state index contributed by atoms with van der Waals surface area (Å²) in [4.78, 5) is 9.00. The number of ether oxygens (including phenoxy) is 1. The molecular formula is C10H20O3. The number of carboxylic acid groups (broad SMARTS) is 1. The van der Waals surface area contributed by atoms with Crippen LogP contribution in [0.1, 0.15) is 20.8 Å². The van der Waals surface area contributed by atoms with Crippen molar-refractivity contribution in [3.8, 4) is 0 Å². The van der Waals surface area contributed by atoms with Crippen LogP contribution < -0.4 is 0 Å². The van der Waals surface area contributed by atoms with Crippen molar-refractivity contribution >= 4 is 5.97 Å². The molecule has 2 atom stereocenters. The van der Waals surface area contributed by atoms with Crippen LogP contribution in [0.25, 0.3) is 0 Å². The highest BCUT2D eigenvalue weighted by Gasteiger charge is 2.18. The molecular weight excluding hydrogens is 168 g/mol. The van der Waals surface area contributed by atoms with Gasteiger partial charge >= 0.3 is 0 Å². The minimum atomic E-state index is -0.833. The monoisotopic (exact) mass is 188 g/mol. The molecule has 1 fully saturated rings. The fourth-order valence-electron chi connectivity index (χ4n) is 0.768. The van der Waals surface area contributed by atoms with Crippen molar-refractivity contribution in [2.45, 2.75) is 20.8 Å². The predicted molar refractivity (Wildman–Crippen MR) is 53.7 cm³/mol. The van der Waals surface area contributed by atoms with E-state index in [2.05, 4.69) is 27.0 Å². The lowest BCUT2D eigenvalue weighted by Gasteiger charge is -2.01. The van der Waals surface area contributed by atoms with Crippen LogP contribution in [0.4, 0.5) is 0 Å². The highest BCUT2D eigenvalue weighted by Crippen LogP contribution is 2.17. The third-order valence-electron chi connectivity index (χ3n) is 1.73. The van der Waals surface area contributed by atoms with Crippen LogP contribution in [0.5, 0.6) is 0 Å². The van der Waals surface area contributed by atoms with Crippen LogP contribution in [0, 0.1) is 11.8 Å². The standard InChI is InChI=1S/C6H12O.C2H4O2.C2H4/c1-5-3-7-4-6(5)2;1-2(3)4;1-2/h5-6H,3-4H2,1-2H3;1H3,(H,3,4);1-2H2/t5-,6+;;. The van der Waals surface area contributed by atoms with Crippen molar-refractivity contribution in [2.24, 2.45) is 11.8 Å². The lowest BCUT2D eigenvalue weighted by atomic mass is 10.0. The van der Waals surface area contributed by atoms with E-state index in [0.29, 0.717) is 0 Å². The van der Waals surface area contributed by atoms with Gasteiger partial charge in [0, 0.05) is 20.1 Å². The van der Waals surface area contributed by atoms with Gasteiger partial charge in [0.15, 0.2) is 0 Å². The van der Waals surface area contributed by atoms with Gasteiger partial charge in [0.1, 0.15) is 0 Å². The molecule has 1 rings (SSSR count). The normalized spacial score (nSPS) is 24.8. The summed E-state index contributed by atoms with van der Waals surface area (Å²) in [5.41, 5.74) is 0. The summed E-state index contributed by atoms with van der Waals surface area (Å²) in [5.74, 6) is 0.750. The second kappa shape index (κ2) is 9.26. The largest absolute Gasteiger partial charge is 0.481 e. The Morgan fingerprint density at radius 2 is 1.54 bits per heavy atom. The van der Waals surface area contributed by atoms with Gasteiger partial charge in [-0.25, -0.2) is 0 Å². The van der Waals surface area contributed by atoms with Crippen LogP contribution in [0.3, 0.4) is 0 Å². The van der Waals surface area contributed by atoms with E-state index >= 15 is 0 Å². The third-order valence-corrected chi connectivity index (χ3v) is 1.73. The summed E-state index contributed by atoms with van der Waals surface area (Å²) in [6.07, 6.45) is 0. The molecule has 1 N–H and O–H groups in total. The maximum absolute atomic E-state index is 9.00. The fourth-order valence-corrected chi connectivity index (χ4v) is 0.768. The number of hydrogen-bond acceptors (Lipinski definition) is 2. The molecule has 1 aliphatic rings. The molecule has 0 aliphatic carbocycles. The van der Waals surface area contributed by atoms with Crippen molar-refractivity contribution in [2.75, 3.05) is 13.2 Å². The maximum Gasteiger partial charge on any atom is 0.300 e. The first-order valence-electron chi connectivity index (χ1n) is 4.31. The molecule has 0 spiro atoms. The molecule has 0 bridgehead atoms. The Kier molecular flexibility index (Phi) is 10.5. The Balaban J connectivity index is 0. The Labute approximate surface area is 80.4 Å². The van der Waals surface area contributed by atoms with Gasteiger partial charge in [-0.3, -0.25) is 4.79 Å². The molecule has 0 aromatic rings. The van der Waals surface area contributed by atoms with Gasteiger partial charge in [-0.15, -0.1) is 13.2 Å². The number of rotatable bonds is 0. The Hall–Kier alpha value is -0.830. The molecule has 0 radical (unpaired) electrons. The van der Waals surface area contributed by atoms with Crippen molar-refractivity contribution in [3.05, 3.63) is 13.2 Å². The summed E-state index contributed by atoms with van der Waals surface area (Å²) < 4.78 is 5.17. The van der Waals surface area contributed by atoms with Crippen LogP contribution in [-0.2, 0) is 9.53 Å². The average Bonchev–Trinajstić information content (AvgIpc) is 2.39. The van der Waals surface area contributed by atoms with Crippen molar-refractivity contribution in [3.63, 3.8) is 0 Å². The zero-order valence-electron chi connectivity index (χ0n) is 8.75. The van der Waals surface area contributed by atoms with E-state index in [4.69, 9.17) is 14.6 Å². The molecule has 1 saturated heterocycles. The van der Waals surface area contributed by atoms with Crippen molar-refractivity contribution in [1.29, 1.82) is 0 Å². The lowest BCUT2D eigenvalue weighted by molar-refractivity contribution is -0.134. The summed E-state index contributed by atoms with van der Waals surface area (Å²) in [6.45, 7) is 13.5. The number of hydrogen-bond donors (Lipinski definition) is 1. The van der Waals surface area contributed by atoms with Crippen molar-refractivity contribution in [1.82, 2.24) is 0 Å². The molecule has 0 unspecified atom stereocenters. The topological polar surface area (TPSA) is 46.5 Å². The van der Waals surface area contributed by atoms with E-state index in [1.54, 1.807) is 0 Å². The molecule has 1 heterocycles. The molecule has 1 aliphatic heterocycles. The molecule has 0 aromatic heterocycles. The van der Waals surface area contributed by atoms with E-state index in [0.717, 1.165) is 32.0 Å². The molecule has 13 heavy (non-hydrogen) atoms. The first kappa shape index (κ1) is 14.7. The molecule has 3 nitrogen and oxygen atoms in total. The maximum atomic E-state index is 9.00. The minimum Gasteiger partial charge on any atom is -0.481 e. The van der Waals surface area contributed by atoms with Crippen LogP contribution in [0.15, 0.2) is 13.2 Å². The number of aliphatic carboxylic acids is 1.